The molecule has 5 heteroatoms. The summed E-state index contributed by atoms with van der Waals surface area (Å²) in [6, 6.07) is 4.49. The molecular weight excluding hydrogens is 256 g/mol. The third-order valence-corrected chi connectivity index (χ3v) is 3.47. The summed E-state index contributed by atoms with van der Waals surface area (Å²) < 4.78 is 0. The number of fused-ring (bicyclic) bond motifs is 1. The first kappa shape index (κ1) is 14.4. The van der Waals surface area contributed by atoms with Crippen LogP contribution < -0.4 is 10.6 Å². The van der Waals surface area contributed by atoms with Crippen molar-refractivity contribution in [2.45, 2.75) is 33.2 Å². The van der Waals surface area contributed by atoms with E-state index >= 15 is 0 Å². The van der Waals surface area contributed by atoms with Crippen LogP contribution in [0.25, 0.3) is 0 Å². The van der Waals surface area contributed by atoms with Gasteiger partial charge in [-0.1, -0.05) is 20.8 Å². The fourth-order valence-electron chi connectivity index (χ4n) is 2.31. The van der Waals surface area contributed by atoms with Crippen molar-refractivity contribution in [3.63, 3.8) is 0 Å². The number of carboxylic acid groups (broad SMARTS) is 1. The number of carboxylic acids is 1. The van der Waals surface area contributed by atoms with E-state index in [1.54, 1.807) is 26.8 Å². The lowest BCUT2D eigenvalue weighted by molar-refractivity contribution is -0.142. The van der Waals surface area contributed by atoms with Gasteiger partial charge in [-0.3, -0.25) is 4.79 Å². The largest absolute Gasteiger partial charge is 0.480 e. The highest BCUT2D eigenvalue weighted by Gasteiger charge is 2.32. The highest BCUT2D eigenvalue weighted by atomic mass is 16.4. The van der Waals surface area contributed by atoms with Crippen LogP contribution >= 0.6 is 0 Å². The van der Waals surface area contributed by atoms with E-state index in [0.29, 0.717) is 5.56 Å². The van der Waals surface area contributed by atoms with Gasteiger partial charge in [-0.25, -0.2) is 4.79 Å². The molecule has 108 valence electrons. The Morgan fingerprint density at radius 1 is 1.35 bits per heavy atom. The van der Waals surface area contributed by atoms with Gasteiger partial charge in [-0.05, 0) is 35.6 Å². The average molecular weight is 276 g/mol. The number of hydrogen-bond acceptors (Lipinski definition) is 3. The van der Waals surface area contributed by atoms with E-state index in [2.05, 4.69) is 10.6 Å². The van der Waals surface area contributed by atoms with Crippen molar-refractivity contribution in [3.8, 4) is 0 Å². The number of rotatable bonds is 3. The minimum absolute atomic E-state index is 0.345. The molecule has 0 unspecified atom stereocenters. The summed E-state index contributed by atoms with van der Waals surface area (Å²) in [5, 5.41) is 15.1. The molecule has 5 nitrogen and oxygen atoms in total. The van der Waals surface area contributed by atoms with Gasteiger partial charge in [0, 0.05) is 17.8 Å². The third kappa shape index (κ3) is 2.92. The predicted octanol–water partition coefficient (Wildman–Crippen LogP) is 1.88. The maximum absolute atomic E-state index is 12.2. The Kier molecular flexibility index (Phi) is 3.70. The van der Waals surface area contributed by atoms with Gasteiger partial charge >= 0.3 is 5.97 Å². The fraction of sp³-hybridized carbons (Fsp3) is 0.467. The van der Waals surface area contributed by atoms with Gasteiger partial charge in [0.25, 0.3) is 5.91 Å². The van der Waals surface area contributed by atoms with E-state index in [-0.39, 0.29) is 5.91 Å². The monoisotopic (exact) mass is 276 g/mol. The molecule has 20 heavy (non-hydrogen) atoms. The Morgan fingerprint density at radius 3 is 2.65 bits per heavy atom. The smallest absolute Gasteiger partial charge is 0.326 e. The number of anilines is 1. The van der Waals surface area contributed by atoms with Crippen LogP contribution in [0, 0.1) is 5.41 Å². The van der Waals surface area contributed by atoms with Crippen LogP contribution in [0.5, 0.6) is 0 Å². The molecule has 0 radical (unpaired) electrons. The number of nitrogens with one attached hydrogen (secondary N) is 2. The first-order valence-corrected chi connectivity index (χ1v) is 6.69. The van der Waals surface area contributed by atoms with Crippen LogP contribution in [0.1, 0.15) is 36.7 Å². The molecule has 0 saturated carbocycles. The van der Waals surface area contributed by atoms with Crippen LogP contribution in [-0.2, 0) is 11.2 Å². The Labute approximate surface area is 118 Å². The van der Waals surface area contributed by atoms with Crippen molar-refractivity contribution < 1.29 is 14.7 Å². The molecule has 1 heterocycles. The molecule has 1 aromatic carbocycles. The molecule has 2 rings (SSSR count). The Morgan fingerprint density at radius 2 is 2.05 bits per heavy atom. The van der Waals surface area contributed by atoms with Gasteiger partial charge in [0.1, 0.15) is 6.04 Å². The van der Waals surface area contributed by atoms with Gasteiger partial charge in [-0.2, -0.15) is 0 Å². The Hall–Kier alpha value is -2.04. The summed E-state index contributed by atoms with van der Waals surface area (Å²) in [5.74, 6) is -1.37. The van der Waals surface area contributed by atoms with Gasteiger partial charge in [0.15, 0.2) is 0 Å². The van der Waals surface area contributed by atoms with Crippen molar-refractivity contribution in [2.24, 2.45) is 5.41 Å². The highest BCUT2D eigenvalue weighted by molar-refractivity contribution is 5.97. The summed E-state index contributed by atoms with van der Waals surface area (Å²) in [6.45, 7) is 6.25. The van der Waals surface area contributed by atoms with E-state index in [1.165, 1.54) is 0 Å². The zero-order chi connectivity index (χ0) is 14.9. The Balaban J connectivity index is 2.17. The number of carbonyl (C=O) groups is 2. The number of aliphatic carboxylic acids is 1. The summed E-state index contributed by atoms with van der Waals surface area (Å²) in [7, 11) is 0. The van der Waals surface area contributed by atoms with Crippen molar-refractivity contribution in [2.75, 3.05) is 11.9 Å². The summed E-state index contributed by atoms with van der Waals surface area (Å²) >= 11 is 0. The molecule has 1 aliphatic rings. The van der Waals surface area contributed by atoms with Crippen LogP contribution in [0.3, 0.4) is 0 Å². The van der Waals surface area contributed by atoms with Crippen molar-refractivity contribution in [1.82, 2.24) is 5.32 Å². The van der Waals surface area contributed by atoms with Crippen LogP contribution in [-0.4, -0.2) is 29.6 Å². The molecule has 0 bridgehead atoms. The Bertz CT molecular complexity index is 547. The maximum Gasteiger partial charge on any atom is 0.326 e. The number of hydrogen-bond donors (Lipinski definition) is 3. The van der Waals surface area contributed by atoms with E-state index in [0.717, 1.165) is 24.2 Å². The molecule has 0 aliphatic carbocycles. The minimum atomic E-state index is -1.02. The first-order valence-electron chi connectivity index (χ1n) is 6.69. The molecule has 1 aromatic rings. The second kappa shape index (κ2) is 5.15. The second-order valence-electron chi connectivity index (χ2n) is 6.16. The lowest BCUT2D eigenvalue weighted by atomic mass is 9.86. The number of benzene rings is 1. The SMILES string of the molecule is CC(C)(C)[C@H](NC(=O)c1ccc2c(c1)CCN2)C(=O)O. The lowest BCUT2D eigenvalue weighted by Crippen LogP contribution is -2.49. The standard InChI is InChI=1S/C15H20N2O3/c1-15(2,3)12(14(19)20)17-13(18)10-4-5-11-9(8-10)6-7-16-11/h4-5,8,12,16H,6-7H2,1-3H3,(H,17,18)(H,19,20)/t12-/m1/s1. The van der Waals surface area contributed by atoms with Gasteiger partial charge in [-0.15, -0.1) is 0 Å². The minimum Gasteiger partial charge on any atom is -0.480 e. The van der Waals surface area contributed by atoms with Gasteiger partial charge in [0.05, 0.1) is 0 Å². The predicted molar refractivity (Wildman–Crippen MR) is 77.0 cm³/mol. The average Bonchev–Trinajstić information content (AvgIpc) is 2.80. The zero-order valence-corrected chi connectivity index (χ0v) is 12.0. The highest BCUT2D eigenvalue weighted by Crippen LogP contribution is 2.24. The lowest BCUT2D eigenvalue weighted by Gasteiger charge is -2.27. The van der Waals surface area contributed by atoms with E-state index in [4.69, 9.17) is 0 Å². The number of carbonyl (C=O) groups excluding carboxylic acids is 1. The summed E-state index contributed by atoms with van der Waals surface area (Å²) in [4.78, 5) is 23.5. The molecule has 0 saturated heterocycles. The molecular formula is C15H20N2O3. The maximum atomic E-state index is 12.2. The molecule has 3 N–H and O–H groups in total. The van der Waals surface area contributed by atoms with Gasteiger partial charge < -0.3 is 15.7 Å². The molecule has 1 amide bonds. The molecule has 0 fully saturated rings. The van der Waals surface area contributed by atoms with Crippen molar-refractivity contribution >= 4 is 17.6 Å². The van der Waals surface area contributed by atoms with E-state index < -0.39 is 17.4 Å². The normalized spacial score (nSPS) is 15.2. The second-order valence-corrected chi connectivity index (χ2v) is 6.16. The van der Waals surface area contributed by atoms with Crippen LogP contribution in [0.4, 0.5) is 5.69 Å². The van der Waals surface area contributed by atoms with E-state index in [1.807, 2.05) is 12.1 Å². The molecule has 1 aliphatic heterocycles. The summed E-state index contributed by atoms with van der Waals surface area (Å²) in [6.07, 6.45) is 0.887. The first-order chi connectivity index (χ1) is 9.29. The van der Waals surface area contributed by atoms with Gasteiger partial charge in [0.2, 0.25) is 0 Å². The quantitative estimate of drug-likeness (QED) is 0.787. The third-order valence-electron chi connectivity index (χ3n) is 3.47. The summed E-state index contributed by atoms with van der Waals surface area (Å²) in [5.41, 5.74) is 2.11. The zero-order valence-electron chi connectivity index (χ0n) is 12.0. The van der Waals surface area contributed by atoms with Crippen LogP contribution in [0.2, 0.25) is 0 Å². The topological polar surface area (TPSA) is 78.4 Å². The fourth-order valence-corrected chi connectivity index (χ4v) is 2.31. The molecule has 0 aromatic heterocycles. The molecule has 1 atom stereocenters. The number of amides is 1. The van der Waals surface area contributed by atoms with E-state index in [9.17, 15) is 14.7 Å². The molecule has 0 spiro atoms. The van der Waals surface area contributed by atoms with Crippen molar-refractivity contribution in [3.05, 3.63) is 29.3 Å². The van der Waals surface area contributed by atoms with Crippen molar-refractivity contribution in [1.29, 1.82) is 0 Å². The van der Waals surface area contributed by atoms with Crippen LogP contribution in [0.15, 0.2) is 18.2 Å².